The van der Waals surface area contributed by atoms with Crippen molar-refractivity contribution in [3.63, 3.8) is 0 Å². The van der Waals surface area contributed by atoms with Gasteiger partial charge >= 0.3 is 0 Å². The number of nitrogens with one attached hydrogen (secondary N) is 3. The minimum Gasteiger partial charge on any atom is -0.489 e. The summed E-state index contributed by atoms with van der Waals surface area (Å²) < 4.78 is 22.1. The Morgan fingerprint density at radius 1 is 1.27 bits per heavy atom. The molecular weight excluding hydrogens is 428 g/mol. The molecule has 11 heteroatoms. The molecule has 1 aliphatic heterocycles. The lowest BCUT2D eigenvalue weighted by Gasteiger charge is -2.15. The maximum absolute atomic E-state index is 11.7. The van der Waals surface area contributed by atoms with Crippen LogP contribution in [0.5, 0.6) is 5.75 Å². The monoisotopic (exact) mass is 458 g/mol. The maximum Gasteiger partial charge on any atom is 0.254 e. The molecule has 0 spiro atoms. The zero-order valence-electron chi connectivity index (χ0n) is 18.6. The van der Waals surface area contributed by atoms with E-state index in [4.69, 9.17) is 24.7 Å². The summed E-state index contributed by atoms with van der Waals surface area (Å²) in [6.07, 6.45) is 3.44. The zero-order valence-corrected chi connectivity index (χ0v) is 18.6. The van der Waals surface area contributed by atoms with Gasteiger partial charge in [0.2, 0.25) is 5.95 Å². The molecule has 1 aromatic heterocycles. The average molecular weight is 459 g/mol. The largest absolute Gasteiger partial charge is 0.489 e. The molecule has 0 bridgehead atoms. The Bertz CT molecular complexity index is 955. The van der Waals surface area contributed by atoms with E-state index < -0.39 is 5.91 Å². The number of anilines is 4. The van der Waals surface area contributed by atoms with E-state index in [2.05, 4.69) is 25.9 Å². The molecule has 2 aromatic rings. The lowest BCUT2D eigenvalue weighted by Crippen LogP contribution is -2.28. The third-order valence-electron chi connectivity index (χ3n) is 5.17. The van der Waals surface area contributed by atoms with Crippen molar-refractivity contribution in [1.82, 2.24) is 9.97 Å². The summed E-state index contributed by atoms with van der Waals surface area (Å²) in [5, 5.41) is 9.78. The quantitative estimate of drug-likeness (QED) is 0.347. The number of amides is 1. The van der Waals surface area contributed by atoms with Crippen LogP contribution < -0.4 is 26.4 Å². The third kappa shape index (κ3) is 6.67. The Kier molecular flexibility index (Phi) is 7.76. The van der Waals surface area contributed by atoms with Crippen molar-refractivity contribution in [1.29, 1.82) is 0 Å². The number of aromatic nitrogens is 2. The first kappa shape index (κ1) is 23.0. The highest BCUT2D eigenvalue weighted by atomic mass is 16.6. The molecule has 0 saturated heterocycles. The van der Waals surface area contributed by atoms with Gasteiger partial charge in [-0.3, -0.25) is 4.79 Å². The second-order valence-corrected chi connectivity index (χ2v) is 7.86. The topological polar surface area (TPSA) is 142 Å². The average Bonchev–Trinajstić information content (AvgIpc) is 3.63. The van der Waals surface area contributed by atoms with Crippen molar-refractivity contribution >= 4 is 29.0 Å². The lowest BCUT2D eigenvalue weighted by molar-refractivity contribution is -0.0151. The number of nitrogens with two attached hydrogens (primary N) is 1. The highest BCUT2D eigenvalue weighted by molar-refractivity contribution is 5.97. The molecule has 33 heavy (non-hydrogen) atoms. The number of hydrogen-bond acceptors (Lipinski definition) is 10. The molecular formula is C22H30N6O5. The number of fused-ring (bicyclic) bond motifs is 1. The molecule has 1 aromatic carbocycles. The number of benzene rings is 1. The van der Waals surface area contributed by atoms with Crippen LogP contribution in [0.15, 0.2) is 24.4 Å². The fraction of sp³-hybridized carbons (Fsp3) is 0.500. The van der Waals surface area contributed by atoms with E-state index in [1.54, 1.807) is 7.11 Å². The molecule has 1 fully saturated rings. The fourth-order valence-corrected chi connectivity index (χ4v) is 3.24. The van der Waals surface area contributed by atoms with Gasteiger partial charge in [0.1, 0.15) is 24.3 Å². The lowest BCUT2D eigenvalue weighted by atomic mass is 10.2. The van der Waals surface area contributed by atoms with Crippen molar-refractivity contribution in [3.05, 3.63) is 30.0 Å². The minimum atomic E-state index is -0.561. The fourth-order valence-electron chi connectivity index (χ4n) is 3.24. The van der Waals surface area contributed by atoms with Gasteiger partial charge in [-0.25, -0.2) is 4.98 Å². The SMILES string of the molecule is COCCOCCO[C@H]1CNc2cc(Nc3ncc(C(N)=O)c(NC4CC4)n3)ccc2OC1. The molecule has 178 valence electrons. The normalized spacial score (nSPS) is 17.3. The van der Waals surface area contributed by atoms with Gasteiger partial charge in [-0.2, -0.15) is 4.98 Å². The smallest absolute Gasteiger partial charge is 0.254 e. The molecule has 1 aliphatic carbocycles. The van der Waals surface area contributed by atoms with Gasteiger partial charge in [0, 0.05) is 31.6 Å². The van der Waals surface area contributed by atoms with E-state index in [-0.39, 0.29) is 11.7 Å². The Morgan fingerprint density at radius 2 is 2.12 bits per heavy atom. The minimum absolute atomic E-state index is 0.0967. The van der Waals surface area contributed by atoms with Crippen LogP contribution in [0.3, 0.4) is 0 Å². The summed E-state index contributed by atoms with van der Waals surface area (Å²) in [6, 6.07) is 6.00. The van der Waals surface area contributed by atoms with Crippen LogP contribution in [0, 0.1) is 0 Å². The molecule has 1 atom stereocenters. The van der Waals surface area contributed by atoms with E-state index in [0.29, 0.717) is 57.4 Å². The standard InChI is InChI=1S/C22H30N6O5/c1-30-6-7-31-8-9-32-16-11-24-18-10-15(4-5-19(18)33-13-16)27-22-25-12-17(20(23)29)21(28-22)26-14-2-3-14/h4-5,10,12,14,16,24H,2-3,6-9,11,13H2,1H3,(H2,23,29)(H2,25,26,27,28)/t16-/m0/s1. The number of carbonyl (C=O) groups excluding carboxylic acids is 1. The van der Waals surface area contributed by atoms with Crippen molar-refractivity contribution in [2.24, 2.45) is 5.73 Å². The van der Waals surface area contributed by atoms with E-state index in [0.717, 1.165) is 30.0 Å². The number of nitrogens with zero attached hydrogens (tertiary/aromatic N) is 2. The first-order chi connectivity index (χ1) is 16.1. The Balaban J connectivity index is 1.34. The number of methoxy groups -OCH3 is 1. The molecule has 4 rings (SSSR count). The van der Waals surface area contributed by atoms with E-state index in [9.17, 15) is 4.79 Å². The van der Waals surface area contributed by atoms with Gasteiger partial charge in [-0.15, -0.1) is 0 Å². The summed E-state index contributed by atoms with van der Waals surface area (Å²) in [7, 11) is 1.64. The van der Waals surface area contributed by atoms with Crippen molar-refractivity contribution in [3.8, 4) is 5.75 Å². The number of rotatable bonds is 12. The van der Waals surface area contributed by atoms with Crippen molar-refractivity contribution < 1.29 is 23.7 Å². The summed E-state index contributed by atoms with van der Waals surface area (Å²) in [5.41, 5.74) is 7.34. The third-order valence-corrected chi connectivity index (χ3v) is 5.17. The molecule has 2 aliphatic rings. The number of primary amides is 1. The Morgan fingerprint density at radius 3 is 2.91 bits per heavy atom. The highest BCUT2D eigenvalue weighted by Crippen LogP contribution is 2.31. The van der Waals surface area contributed by atoms with Crippen molar-refractivity contribution in [2.75, 3.05) is 62.6 Å². The van der Waals surface area contributed by atoms with Gasteiger partial charge in [0.15, 0.2) is 0 Å². The van der Waals surface area contributed by atoms with Gasteiger partial charge in [0.25, 0.3) is 5.91 Å². The van der Waals surface area contributed by atoms with E-state index in [1.807, 2.05) is 18.2 Å². The molecule has 1 saturated carbocycles. The highest BCUT2D eigenvalue weighted by Gasteiger charge is 2.24. The molecule has 11 nitrogen and oxygen atoms in total. The maximum atomic E-state index is 11.7. The van der Waals surface area contributed by atoms with Crippen LogP contribution in [-0.2, 0) is 14.2 Å². The van der Waals surface area contributed by atoms with E-state index >= 15 is 0 Å². The second kappa shape index (κ2) is 11.1. The van der Waals surface area contributed by atoms with Crippen LogP contribution in [0.2, 0.25) is 0 Å². The molecule has 1 amide bonds. The molecule has 0 radical (unpaired) electrons. The number of ether oxygens (including phenoxy) is 4. The summed E-state index contributed by atoms with van der Waals surface area (Å²) in [4.78, 5) is 20.4. The van der Waals surface area contributed by atoms with Crippen LogP contribution in [-0.4, -0.2) is 74.7 Å². The predicted molar refractivity (Wildman–Crippen MR) is 123 cm³/mol. The summed E-state index contributed by atoms with van der Waals surface area (Å²) in [6.45, 7) is 3.16. The zero-order chi connectivity index (χ0) is 23.0. The molecule has 2 heterocycles. The van der Waals surface area contributed by atoms with Gasteiger partial charge in [0.05, 0.1) is 37.7 Å². The van der Waals surface area contributed by atoms with Crippen molar-refractivity contribution in [2.45, 2.75) is 25.0 Å². The molecule has 0 unspecified atom stereocenters. The number of carbonyl (C=O) groups is 1. The second-order valence-electron chi connectivity index (χ2n) is 7.86. The first-order valence-corrected chi connectivity index (χ1v) is 11.0. The first-order valence-electron chi connectivity index (χ1n) is 11.0. The van der Waals surface area contributed by atoms with Crippen LogP contribution >= 0.6 is 0 Å². The summed E-state index contributed by atoms with van der Waals surface area (Å²) >= 11 is 0. The Labute approximate surface area is 192 Å². The van der Waals surface area contributed by atoms with Crippen LogP contribution in [0.1, 0.15) is 23.2 Å². The van der Waals surface area contributed by atoms with Crippen LogP contribution in [0.25, 0.3) is 0 Å². The summed E-state index contributed by atoms with van der Waals surface area (Å²) in [5.74, 6) is 0.996. The Hall–Kier alpha value is -3.15. The van der Waals surface area contributed by atoms with Crippen LogP contribution in [0.4, 0.5) is 23.1 Å². The molecule has 5 N–H and O–H groups in total. The van der Waals surface area contributed by atoms with Gasteiger partial charge < -0.3 is 40.6 Å². The van der Waals surface area contributed by atoms with Gasteiger partial charge in [-0.1, -0.05) is 0 Å². The predicted octanol–water partition coefficient (Wildman–Crippen LogP) is 1.75. The van der Waals surface area contributed by atoms with E-state index in [1.165, 1.54) is 6.20 Å². The van der Waals surface area contributed by atoms with Gasteiger partial charge in [-0.05, 0) is 31.0 Å². The number of hydrogen-bond donors (Lipinski definition) is 4.